The van der Waals surface area contributed by atoms with Crippen LogP contribution in [-0.2, 0) is 11.2 Å². The number of hydrogen-bond donors (Lipinski definition) is 1. The highest BCUT2D eigenvalue weighted by atomic mass is 19.3. The molecule has 0 radical (unpaired) electrons. The third-order valence-electron chi connectivity index (χ3n) is 7.23. The van der Waals surface area contributed by atoms with Gasteiger partial charge in [-0.15, -0.1) is 0 Å². The number of aryl methyl sites for hydroxylation is 2. The Kier molecular flexibility index (Phi) is 7.23. The molecule has 2 aromatic heterocycles. The number of hydrogen-bond acceptors (Lipinski definition) is 6. The van der Waals surface area contributed by atoms with Crippen LogP contribution >= 0.6 is 0 Å². The first kappa shape index (κ1) is 25.9. The van der Waals surface area contributed by atoms with Gasteiger partial charge in [-0.25, -0.2) is 23.1 Å². The van der Waals surface area contributed by atoms with Crippen LogP contribution in [0.25, 0.3) is 11.3 Å². The van der Waals surface area contributed by atoms with E-state index in [1.807, 2.05) is 18.2 Å². The minimum atomic E-state index is -2.68. The molecule has 0 saturated heterocycles. The number of benzene rings is 1. The fraction of sp³-hybridized carbons (Fsp3) is 0.429. The lowest BCUT2D eigenvalue weighted by Gasteiger charge is -2.28. The zero-order chi connectivity index (χ0) is 27.0. The van der Waals surface area contributed by atoms with Crippen molar-refractivity contribution < 1.29 is 32.5 Å². The summed E-state index contributed by atoms with van der Waals surface area (Å²) in [5.74, 6) is -1.07. The van der Waals surface area contributed by atoms with Gasteiger partial charge >= 0.3 is 5.97 Å². The van der Waals surface area contributed by atoms with E-state index in [0.29, 0.717) is 29.5 Å². The number of pyridine rings is 1. The zero-order valence-corrected chi connectivity index (χ0v) is 21.0. The normalized spacial score (nSPS) is 18.4. The van der Waals surface area contributed by atoms with E-state index in [1.165, 1.54) is 12.3 Å². The Morgan fingerprint density at radius 2 is 1.97 bits per heavy atom. The monoisotopic (exact) mass is 527 g/mol. The van der Waals surface area contributed by atoms with Crippen molar-refractivity contribution in [1.29, 1.82) is 0 Å². The Morgan fingerprint density at radius 3 is 2.66 bits per heavy atom. The molecular formula is C28H28F3N3O4. The van der Waals surface area contributed by atoms with E-state index >= 15 is 0 Å². The molecule has 2 aliphatic rings. The van der Waals surface area contributed by atoms with Crippen molar-refractivity contribution in [2.24, 2.45) is 11.8 Å². The van der Waals surface area contributed by atoms with Gasteiger partial charge in [0, 0.05) is 11.6 Å². The minimum absolute atomic E-state index is 0.0460. The van der Waals surface area contributed by atoms with Gasteiger partial charge < -0.3 is 14.6 Å². The Bertz CT molecular complexity index is 1350. The smallest absolute Gasteiger partial charge is 0.306 e. The zero-order valence-electron chi connectivity index (χ0n) is 21.0. The van der Waals surface area contributed by atoms with E-state index in [9.17, 15) is 23.1 Å². The molecule has 3 heterocycles. The number of aromatic nitrogens is 3. The standard InChI is InChI=1S/C28H28F3N3O4/c1-14(28(35)36)26(17-4-5-17)18-6-3-16-7-8-22(38-23(16)9-18)27-15(2)34-21(12-33-27)19-10-25(32-11-20(19)29)37-13-24(30)31/h3,6,9-12,14,17,22,24,26H,4-5,7-8,13H2,1-2H3,(H,35,36)/t14-,22?,26?/m0/s1. The topological polar surface area (TPSA) is 94.4 Å². The maximum absolute atomic E-state index is 14.5. The molecule has 0 bridgehead atoms. The summed E-state index contributed by atoms with van der Waals surface area (Å²) in [5.41, 5.74) is 3.46. The maximum Gasteiger partial charge on any atom is 0.306 e. The molecule has 0 amide bonds. The van der Waals surface area contributed by atoms with Crippen LogP contribution in [0.15, 0.2) is 36.7 Å². The molecule has 1 N–H and O–H groups in total. The van der Waals surface area contributed by atoms with Crippen LogP contribution in [0.2, 0.25) is 0 Å². The molecule has 0 spiro atoms. The third kappa shape index (κ3) is 5.44. The quantitative estimate of drug-likeness (QED) is 0.370. The van der Waals surface area contributed by atoms with Crippen molar-refractivity contribution in [2.75, 3.05) is 6.61 Å². The molecule has 1 aliphatic heterocycles. The summed E-state index contributed by atoms with van der Waals surface area (Å²) in [4.78, 5) is 24.5. The number of carboxylic acid groups (broad SMARTS) is 1. The lowest BCUT2D eigenvalue weighted by atomic mass is 9.82. The minimum Gasteiger partial charge on any atom is -0.484 e. The summed E-state index contributed by atoms with van der Waals surface area (Å²) >= 11 is 0. The fourth-order valence-electron chi connectivity index (χ4n) is 5.14. The highest BCUT2D eigenvalue weighted by Gasteiger charge is 2.39. The molecule has 7 nitrogen and oxygen atoms in total. The predicted molar refractivity (Wildman–Crippen MR) is 132 cm³/mol. The van der Waals surface area contributed by atoms with Crippen molar-refractivity contribution in [3.05, 3.63) is 65.0 Å². The van der Waals surface area contributed by atoms with Crippen LogP contribution in [0.5, 0.6) is 11.6 Å². The largest absolute Gasteiger partial charge is 0.484 e. The molecule has 3 atom stereocenters. The molecule has 5 rings (SSSR count). The lowest BCUT2D eigenvalue weighted by Crippen LogP contribution is -2.22. The van der Waals surface area contributed by atoms with Crippen molar-refractivity contribution in [3.8, 4) is 22.9 Å². The molecule has 1 saturated carbocycles. The van der Waals surface area contributed by atoms with E-state index < -0.39 is 30.7 Å². The summed E-state index contributed by atoms with van der Waals surface area (Å²) in [6, 6.07) is 7.23. The van der Waals surface area contributed by atoms with Gasteiger partial charge in [0.15, 0.2) is 12.4 Å². The second-order valence-electron chi connectivity index (χ2n) is 9.93. The highest BCUT2D eigenvalue weighted by molar-refractivity contribution is 5.71. The van der Waals surface area contributed by atoms with E-state index in [0.717, 1.165) is 36.6 Å². The number of carboxylic acids is 1. The molecule has 2 unspecified atom stereocenters. The summed E-state index contributed by atoms with van der Waals surface area (Å²) < 4.78 is 50.7. The van der Waals surface area contributed by atoms with Gasteiger partial charge in [0.2, 0.25) is 5.88 Å². The van der Waals surface area contributed by atoms with E-state index in [1.54, 1.807) is 13.8 Å². The molecule has 3 aromatic rings. The fourth-order valence-corrected chi connectivity index (χ4v) is 5.14. The van der Waals surface area contributed by atoms with Crippen LogP contribution < -0.4 is 9.47 Å². The highest BCUT2D eigenvalue weighted by Crippen LogP contribution is 2.48. The molecule has 1 fully saturated rings. The molecule has 38 heavy (non-hydrogen) atoms. The third-order valence-corrected chi connectivity index (χ3v) is 7.23. The summed E-state index contributed by atoms with van der Waals surface area (Å²) in [7, 11) is 0. The van der Waals surface area contributed by atoms with Crippen molar-refractivity contribution in [2.45, 2.75) is 58.0 Å². The number of halogens is 3. The molecule has 1 aliphatic carbocycles. The first-order valence-electron chi connectivity index (χ1n) is 12.6. The number of aliphatic carboxylic acids is 1. The average molecular weight is 528 g/mol. The molecular weight excluding hydrogens is 499 g/mol. The van der Waals surface area contributed by atoms with Crippen molar-refractivity contribution >= 4 is 5.97 Å². The second-order valence-corrected chi connectivity index (χ2v) is 9.93. The van der Waals surface area contributed by atoms with Gasteiger partial charge in [0.25, 0.3) is 6.43 Å². The maximum atomic E-state index is 14.5. The number of nitrogens with zero attached hydrogens (tertiary/aromatic N) is 3. The van der Waals surface area contributed by atoms with Gasteiger partial charge in [-0.05, 0) is 61.6 Å². The van der Waals surface area contributed by atoms with Crippen LogP contribution in [0.1, 0.15) is 60.7 Å². The number of rotatable bonds is 9. The molecule has 200 valence electrons. The molecule has 10 heteroatoms. The Balaban J connectivity index is 1.38. The van der Waals surface area contributed by atoms with Gasteiger partial charge in [-0.2, -0.15) is 0 Å². The SMILES string of the molecule is Cc1nc(-c2cc(OCC(F)F)ncc2F)cnc1C1CCc2ccc(C(C3CC3)[C@H](C)C(=O)O)cc2O1. The lowest BCUT2D eigenvalue weighted by molar-refractivity contribution is -0.142. The van der Waals surface area contributed by atoms with E-state index in [2.05, 4.69) is 15.0 Å². The summed E-state index contributed by atoms with van der Waals surface area (Å²) in [5, 5.41) is 9.63. The van der Waals surface area contributed by atoms with Crippen molar-refractivity contribution in [3.63, 3.8) is 0 Å². The Morgan fingerprint density at radius 1 is 1.18 bits per heavy atom. The van der Waals surface area contributed by atoms with Crippen molar-refractivity contribution in [1.82, 2.24) is 15.0 Å². The van der Waals surface area contributed by atoms with E-state index in [4.69, 9.17) is 9.47 Å². The van der Waals surface area contributed by atoms with Crippen LogP contribution in [-0.4, -0.2) is 39.1 Å². The summed E-state index contributed by atoms with van der Waals surface area (Å²) in [6.07, 6.45) is 2.77. The predicted octanol–water partition coefficient (Wildman–Crippen LogP) is 5.91. The van der Waals surface area contributed by atoms with Gasteiger partial charge in [-0.1, -0.05) is 19.1 Å². The number of carbonyl (C=O) groups is 1. The Labute approximate surface area is 218 Å². The van der Waals surface area contributed by atoms with Crippen LogP contribution in [0, 0.1) is 24.6 Å². The number of alkyl halides is 2. The van der Waals surface area contributed by atoms with Gasteiger partial charge in [-0.3, -0.25) is 9.78 Å². The van der Waals surface area contributed by atoms with Crippen LogP contribution in [0.4, 0.5) is 13.2 Å². The van der Waals surface area contributed by atoms with Gasteiger partial charge in [0.05, 0.1) is 29.7 Å². The van der Waals surface area contributed by atoms with Crippen LogP contribution in [0.3, 0.4) is 0 Å². The second kappa shape index (κ2) is 10.6. The number of ether oxygens (including phenoxy) is 2. The number of fused-ring (bicyclic) bond motifs is 1. The first-order valence-corrected chi connectivity index (χ1v) is 12.6. The van der Waals surface area contributed by atoms with E-state index in [-0.39, 0.29) is 29.2 Å². The summed E-state index contributed by atoms with van der Waals surface area (Å²) in [6.45, 7) is 2.67. The average Bonchev–Trinajstić information content (AvgIpc) is 3.73. The Hall–Kier alpha value is -3.69. The molecule has 1 aromatic carbocycles. The first-order chi connectivity index (χ1) is 18.2. The van der Waals surface area contributed by atoms with Gasteiger partial charge in [0.1, 0.15) is 17.5 Å².